The first kappa shape index (κ1) is 40.8. The van der Waals surface area contributed by atoms with Crippen LogP contribution in [0, 0.1) is 0 Å². The molecule has 66 heavy (non-hydrogen) atoms. The Labute approximate surface area is 389 Å². The molecule has 0 amide bonds. The van der Waals surface area contributed by atoms with Crippen molar-refractivity contribution in [1.82, 2.24) is 24.5 Å². The Kier molecular flexibility index (Phi) is 10.4. The van der Waals surface area contributed by atoms with Crippen LogP contribution in [0.3, 0.4) is 0 Å². The van der Waals surface area contributed by atoms with Gasteiger partial charge < -0.3 is 4.57 Å². The van der Waals surface area contributed by atoms with Gasteiger partial charge in [-0.25, -0.2) is 19.9 Å². The number of pyridine rings is 1. The smallest absolute Gasteiger partial charge is 0.166 e. The largest absolute Gasteiger partial charge is 0.308 e. The molecule has 8 aromatic carbocycles. The third-order valence-electron chi connectivity index (χ3n) is 12.1. The summed E-state index contributed by atoms with van der Waals surface area (Å²) in [7, 11) is 32.6. The van der Waals surface area contributed by atoms with Crippen LogP contribution in [0.2, 0.25) is 0 Å². The standard InChI is InChI=1S/C56H32B5N5/c57-49-48(50(58)52(60)53(61)51(49)59)39-30-43(34-17-7-2-8-18-34)62-44(31-39)38-26-28-46(66-45-24-14-13-23-40(45)41-27-25-37(32-47(41)66)33-15-5-1-6-16-33)42(29-38)56-64-54(35-19-9-3-10-20-35)63-55(65-56)36-21-11-4-12-22-36/h1-32H. The van der Waals surface area contributed by atoms with E-state index in [1.165, 1.54) is 0 Å². The maximum absolute atomic E-state index is 6.71. The molecule has 0 spiro atoms. The fourth-order valence-electron chi connectivity index (χ4n) is 8.78. The Bertz CT molecular complexity index is 3550. The quantitative estimate of drug-likeness (QED) is 0.146. The number of para-hydroxylation sites is 1. The molecular weight excluding hydrogens is 797 g/mol. The summed E-state index contributed by atoms with van der Waals surface area (Å²) >= 11 is 0. The summed E-state index contributed by atoms with van der Waals surface area (Å²) in [5.41, 5.74) is 12.7. The van der Waals surface area contributed by atoms with Gasteiger partial charge in [0.15, 0.2) is 17.5 Å². The van der Waals surface area contributed by atoms with Gasteiger partial charge in [0.2, 0.25) is 0 Å². The van der Waals surface area contributed by atoms with Crippen LogP contribution in [0.5, 0.6) is 0 Å². The summed E-state index contributed by atoms with van der Waals surface area (Å²) in [4.78, 5) is 20.9. The molecule has 0 aliphatic heterocycles. The molecule has 296 valence electrons. The molecule has 0 N–H and O–H groups in total. The number of aromatic nitrogens is 5. The fourth-order valence-corrected chi connectivity index (χ4v) is 8.78. The Hall–Kier alpha value is -7.96. The zero-order valence-electron chi connectivity index (χ0n) is 35.6. The maximum Gasteiger partial charge on any atom is 0.166 e. The van der Waals surface area contributed by atoms with E-state index in [9.17, 15) is 0 Å². The molecule has 5 nitrogen and oxygen atoms in total. The highest BCUT2D eigenvalue weighted by atomic mass is 15.1. The molecule has 3 heterocycles. The van der Waals surface area contributed by atoms with E-state index in [2.05, 4.69) is 89.5 Å². The molecule has 10 radical (unpaired) electrons. The van der Waals surface area contributed by atoms with Gasteiger partial charge in [-0.3, -0.25) is 0 Å². The number of benzene rings is 8. The maximum atomic E-state index is 6.71. The number of hydrogen-bond acceptors (Lipinski definition) is 4. The molecule has 3 aromatic heterocycles. The molecule has 0 fully saturated rings. The van der Waals surface area contributed by atoms with Crippen LogP contribution >= 0.6 is 0 Å². The molecule has 0 unspecified atom stereocenters. The second kappa shape index (κ2) is 16.9. The Balaban J connectivity index is 1.22. The molecule has 10 heteroatoms. The van der Waals surface area contributed by atoms with E-state index >= 15 is 0 Å². The van der Waals surface area contributed by atoms with Crippen molar-refractivity contribution in [2.24, 2.45) is 0 Å². The van der Waals surface area contributed by atoms with Crippen molar-refractivity contribution >= 4 is 88.4 Å². The number of fused-ring (bicyclic) bond motifs is 3. The van der Waals surface area contributed by atoms with E-state index in [4.69, 9.17) is 59.2 Å². The van der Waals surface area contributed by atoms with E-state index in [0.717, 1.165) is 66.4 Å². The van der Waals surface area contributed by atoms with Crippen molar-refractivity contribution in [2.45, 2.75) is 0 Å². The summed E-state index contributed by atoms with van der Waals surface area (Å²) < 4.78 is 2.31. The van der Waals surface area contributed by atoms with Crippen molar-refractivity contribution in [1.29, 1.82) is 0 Å². The van der Waals surface area contributed by atoms with Crippen LogP contribution in [0.15, 0.2) is 194 Å². The van der Waals surface area contributed by atoms with Gasteiger partial charge in [0.05, 0.1) is 28.1 Å². The predicted molar refractivity (Wildman–Crippen MR) is 277 cm³/mol. The highest BCUT2D eigenvalue weighted by molar-refractivity contribution is 6.68. The average Bonchev–Trinajstić information content (AvgIpc) is 3.71. The van der Waals surface area contributed by atoms with Crippen LogP contribution < -0.4 is 27.3 Å². The van der Waals surface area contributed by atoms with Crippen molar-refractivity contribution in [2.75, 3.05) is 0 Å². The average molecular weight is 829 g/mol. The van der Waals surface area contributed by atoms with Crippen molar-refractivity contribution < 1.29 is 0 Å². The minimum atomic E-state index is 0.148. The third-order valence-corrected chi connectivity index (χ3v) is 12.1. The lowest BCUT2D eigenvalue weighted by Gasteiger charge is -2.22. The van der Waals surface area contributed by atoms with Crippen molar-refractivity contribution in [3.8, 4) is 84.6 Å². The van der Waals surface area contributed by atoms with Crippen LogP contribution in [0.1, 0.15) is 0 Å². The molecule has 0 saturated heterocycles. The summed E-state index contributed by atoms with van der Waals surface area (Å²) in [6.45, 7) is 0. The van der Waals surface area contributed by atoms with Gasteiger partial charge in [0, 0.05) is 38.6 Å². The summed E-state index contributed by atoms with van der Waals surface area (Å²) in [5, 5.41) is 2.23. The molecule has 11 aromatic rings. The second-order valence-corrected chi connectivity index (χ2v) is 16.2. The van der Waals surface area contributed by atoms with E-state index in [1.54, 1.807) is 0 Å². The topological polar surface area (TPSA) is 56.5 Å². The van der Waals surface area contributed by atoms with E-state index in [-0.39, 0.29) is 27.3 Å². The predicted octanol–water partition coefficient (Wildman–Crippen LogP) is 8.00. The molecule has 0 aliphatic rings. The van der Waals surface area contributed by atoms with E-state index in [0.29, 0.717) is 40.0 Å². The van der Waals surface area contributed by atoms with Crippen molar-refractivity contribution in [3.05, 3.63) is 194 Å². The Morgan fingerprint density at radius 3 is 1.38 bits per heavy atom. The third kappa shape index (κ3) is 7.25. The van der Waals surface area contributed by atoms with Gasteiger partial charge in [-0.2, -0.15) is 0 Å². The number of rotatable bonds is 8. The molecule has 0 saturated carbocycles. The summed E-state index contributed by atoms with van der Waals surface area (Å²) in [6.07, 6.45) is 0. The fraction of sp³-hybridized carbons (Fsp3) is 0. The van der Waals surface area contributed by atoms with Crippen LogP contribution in [-0.2, 0) is 0 Å². The first-order chi connectivity index (χ1) is 32.3. The van der Waals surface area contributed by atoms with Gasteiger partial charge >= 0.3 is 0 Å². The molecule has 11 rings (SSSR count). The lowest BCUT2D eigenvalue weighted by molar-refractivity contribution is 1.06. The van der Waals surface area contributed by atoms with Crippen molar-refractivity contribution in [3.63, 3.8) is 0 Å². The summed E-state index contributed by atoms with van der Waals surface area (Å²) in [5.74, 6) is 1.57. The minimum Gasteiger partial charge on any atom is -0.308 e. The van der Waals surface area contributed by atoms with E-state index < -0.39 is 0 Å². The van der Waals surface area contributed by atoms with Gasteiger partial charge in [-0.1, -0.05) is 169 Å². The lowest BCUT2D eigenvalue weighted by atomic mass is 9.59. The molecule has 0 bridgehead atoms. The van der Waals surface area contributed by atoms with Crippen LogP contribution in [0.4, 0.5) is 0 Å². The monoisotopic (exact) mass is 829 g/mol. The highest BCUT2D eigenvalue weighted by Gasteiger charge is 2.22. The van der Waals surface area contributed by atoms with Crippen LogP contribution in [-0.4, -0.2) is 63.7 Å². The van der Waals surface area contributed by atoms with E-state index in [1.807, 2.05) is 109 Å². The SMILES string of the molecule is [B]c1c([B])c([B])c(-c2cc(-c3ccccc3)nc(-c3ccc(-n4c5ccccc5c5ccc(-c6ccccc6)cc54)c(-c4nc(-c5ccccc5)nc(-c5ccccc5)n4)c3)c2)c([B])c1[B]. The number of hydrogen-bond donors (Lipinski definition) is 0. The number of nitrogens with zero attached hydrogens (tertiary/aromatic N) is 5. The highest BCUT2D eigenvalue weighted by Crippen LogP contribution is 2.40. The first-order valence-electron chi connectivity index (χ1n) is 21.5. The van der Waals surface area contributed by atoms with Gasteiger partial charge in [0.25, 0.3) is 0 Å². The molecule has 0 aliphatic carbocycles. The molecule has 0 atom stereocenters. The van der Waals surface area contributed by atoms with Gasteiger partial charge in [-0.15, -0.1) is 16.4 Å². The second-order valence-electron chi connectivity index (χ2n) is 16.2. The van der Waals surface area contributed by atoms with Crippen LogP contribution in [0.25, 0.3) is 106 Å². The normalized spacial score (nSPS) is 11.3. The zero-order chi connectivity index (χ0) is 44.9. The summed E-state index contributed by atoms with van der Waals surface area (Å²) in [6, 6.07) is 65.7. The lowest BCUT2D eigenvalue weighted by Crippen LogP contribution is -2.55. The van der Waals surface area contributed by atoms with Gasteiger partial charge in [-0.05, 0) is 58.7 Å². The minimum absolute atomic E-state index is 0.148. The zero-order valence-corrected chi connectivity index (χ0v) is 35.6. The molecular formula is C56H32B5N5. The Morgan fingerprint density at radius 2 is 0.773 bits per heavy atom. The first-order valence-corrected chi connectivity index (χ1v) is 21.5. The van der Waals surface area contributed by atoms with Gasteiger partial charge in [0.1, 0.15) is 39.2 Å². The Morgan fingerprint density at radius 1 is 0.303 bits per heavy atom.